The number of pyridine rings is 1. The largest absolute Gasteiger partial charge is 0.465 e. The van der Waals surface area contributed by atoms with Gasteiger partial charge in [-0.3, -0.25) is 19.6 Å². The van der Waals surface area contributed by atoms with Crippen LogP contribution in [0.4, 0.5) is 13.2 Å². The number of hydrogen-bond donors (Lipinski definition) is 0. The van der Waals surface area contributed by atoms with E-state index >= 15 is 0 Å². The van der Waals surface area contributed by atoms with Gasteiger partial charge in [0.2, 0.25) is 0 Å². The van der Waals surface area contributed by atoms with Gasteiger partial charge in [-0.05, 0) is 60.7 Å². The zero-order chi connectivity index (χ0) is 27.3. The van der Waals surface area contributed by atoms with E-state index in [2.05, 4.69) is 14.8 Å². The van der Waals surface area contributed by atoms with Gasteiger partial charge in [-0.2, -0.15) is 13.2 Å². The van der Waals surface area contributed by atoms with Crippen LogP contribution in [0, 0.1) is 0 Å². The molecule has 3 aromatic rings. The van der Waals surface area contributed by atoms with Gasteiger partial charge in [0.05, 0.1) is 12.0 Å². The van der Waals surface area contributed by atoms with E-state index < -0.39 is 11.6 Å². The second kappa shape index (κ2) is 11.7. The van der Waals surface area contributed by atoms with E-state index in [9.17, 15) is 18.0 Å². The van der Waals surface area contributed by atoms with Crippen molar-refractivity contribution in [1.82, 2.24) is 14.8 Å². The van der Waals surface area contributed by atoms with E-state index in [-0.39, 0.29) is 17.6 Å². The Morgan fingerprint density at radius 2 is 1.47 bits per heavy atom. The van der Waals surface area contributed by atoms with Crippen LogP contribution in [0.5, 0.6) is 0 Å². The predicted molar refractivity (Wildman–Crippen MR) is 141 cm³/mol. The smallest absolute Gasteiger partial charge is 0.397 e. The van der Waals surface area contributed by atoms with Gasteiger partial charge in [-0.15, -0.1) is 0 Å². The fourth-order valence-corrected chi connectivity index (χ4v) is 4.70. The topological polar surface area (TPSA) is 45.7 Å². The third kappa shape index (κ3) is 6.42. The first-order valence-corrected chi connectivity index (χ1v) is 12.9. The number of benzene rings is 2. The number of alkyl halides is 3. The highest BCUT2D eigenvalue weighted by Crippen LogP contribution is 2.40. The van der Waals surface area contributed by atoms with Crippen molar-refractivity contribution in [1.29, 1.82) is 0 Å². The standard InChI is InChI=1S/C30H34F3N3O2/c1-4-38-28(37)27-21-35(19-23-13-15-34-16-14-23)17-18-36(27)20-22-5-7-24(8-6-22)25-9-11-26(12-10-25)29(2,3)30(31,32)33/h5-16,27H,4,17-21H2,1-3H3/t27-/m0/s1. The third-order valence-corrected chi connectivity index (χ3v) is 7.28. The number of carbonyl (C=O) groups excluding carboxylic acids is 1. The molecule has 0 N–H and O–H groups in total. The molecule has 0 aliphatic carbocycles. The molecule has 1 aromatic heterocycles. The Morgan fingerprint density at radius 3 is 2.05 bits per heavy atom. The Balaban J connectivity index is 1.43. The summed E-state index contributed by atoms with van der Waals surface area (Å²) in [5.74, 6) is -0.217. The fourth-order valence-electron chi connectivity index (χ4n) is 4.70. The quantitative estimate of drug-likeness (QED) is 0.346. The minimum atomic E-state index is -4.32. The van der Waals surface area contributed by atoms with Gasteiger partial charge >= 0.3 is 12.1 Å². The molecule has 0 saturated carbocycles. The van der Waals surface area contributed by atoms with Crippen molar-refractivity contribution in [2.24, 2.45) is 0 Å². The highest BCUT2D eigenvalue weighted by molar-refractivity contribution is 5.76. The van der Waals surface area contributed by atoms with Gasteiger partial charge < -0.3 is 4.74 Å². The molecule has 0 bridgehead atoms. The maximum Gasteiger partial charge on any atom is 0.397 e. The van der Waals surface area contributed by atoms with Crippen LogP contribution < -0.4 is 0 Å². The summed E-state index contributed by atoms with van der Waals surface area (Å²) in [6.45, 7) is 8.03. The molecule has 1 atom stereocenters. The lowest BCUT2D eigenvalue weighted by atomic mass is 9.83. The number of esters is 1. The number of ether oxygens (including phenoxy) is 1. The Bertz CT molecular complexity index is 1200. The highest BCUT2D eigenvalue weighted by Gasteiger charge is 2.48. The summed E-state index contributed by atoms with van der Waals surface area (Å²) in [6.07, 6.45) is -0.770. The lowest BCUT2D eigenvalue weighted by Gasteiger charge is -2.40. The number of rotatable bonds is 8. The Kier molecular flexibility index (Phi) is 8.53. The van der Waals surface area contributed by atoms with Crippen molar-refractivity contribution < 1.29 is 22.7 Å². The normalized spacial score (nSPS) is 17.4. The van der Waals surface area contributed by atoms with E-state index in [1.54, 1.807) is 36.7 Å². The zero-order valence-corrected chi connectivity index (χ0v) is 22.0. The summed E-state index contributed by atoms with van der Waals surface area (Å²) in [7, 11) is 0. The van der Waals surface area contributed by atoms with E-state index in [1.165, 1.54) is 13.8 Å². The molecule has 2 aromatic carbocycles. The summed E-state index contributed by atoms with van der Waals surface area (Å²) in [5, 5.41) is 0. The van der Waals surface area contributed by atoms with Crippen LogP contribution in [0.15, 0.2) is 73.1 Å². The first kappa shape index (κ1) is 27.8. The summed E-state index contributed by atoms with van der Waals surface area (Å²) in [6, 6.07) is 18.1. The second-order valence-corrected chi connectivity index (χ2v) is 10.2. The van der Waals surface area contributed by atoms with Crippen LogP contribution in [-0.4, -0.2) is 59.2 Å². The van der Waals surface area contributed by atoms with Crippen LogP contribution in [0.2, 0.25) is 0 Å². The van der Waals surface area contributed by atoms with Crippen LogP contribution >= 0.6 is 0 Å². The van der Waals surface area contributed by atoms with Gasteiger partial charge in [0.1, 0.15) is 6.04 Å². The van der Waals surface area contributed by atoms with Crippen molar-refractivity contribution >= 4 is 5.97 Å². The van der Waals surface area contributed by atoms with E-state index in [1.807, 2.05) is 43.3 Å². The van der Waals surface area contributed by atoms with E-state index in [4.69, 9.17) is 4.74 Å². The average Bonchev–Trinajstić information content (AvgIpc) is 2.90. The van der Waals surface area contributed by atoms with Gasteiger partial charge in [-0.25, -0.2) is 0 Å². The van der Waals surface area contributed by atoms with Gasteiger partial charge in [-0.1, -0.05) is 48.5 Å². The number of piperazine rings is 1. The molecule has 0 spiro atoms. The molecule has 5 nitrogen and oxygen atoms in total. The number of aromatic nitrogens is 1. The SMILES string of the molecule is CCOC(=O)[C@@H]1CN(Cc2ccncc2)CCN1Cc1ccc(-c2ccc(C(C)(C)C(F)(F)F)cc2)cc1. The Labute approximate surface area is 222 Å². The Morgan fingerprint density at radius 1 is 0.895 bits per heavy atom. The molecule has 4 rings (SSSR count). The van der Waals surface area contributed by atoms with Gasteiger partial charge in [0.25, 0.3) is 0 Å². The van der Waals surface area contributed by atoms with Crippen LogP contribution in [0.25, 0.3) is 11.1 Å². The number of carbonyl (C=O) groups is 1. The molecular formula is C30H34F3N3O2. The molecule has 202 valence electrons. The van der Waals surface area contributed by atoms with Crippen molar-refractivity contribution in [3.05, 3.63) is 89.7 Å². The Hall–Kier alpha value is -3.23. The lowest BCUT2D eigenvalue weighted by Crippen LogP contribution is -2.56. The first-order chi connectivity index (χ1) is 18.1. The number of hydrogen-bond acceptors (Lipinski definition) is 5. The molecule has 38 heavy (non-hydrogen) atoms. The van der Waals surface area contributed by atoms with Gasteiger partial charge in [0, 0.05) is 45.1 Å². The summed E-state index contributed by atoms with van der Waals surface area (Å²) in [4.78, 5) is 21.3. The predicted octanol–water partition coefficient (Wildman–Crippen LogP) is 5.84. The third-order valence-electron chi connectivity index (χ3n) is 7.28. The minimum absolute atomic E-state index is 0.217. The molecule has 1 fully saturated rings. The fraction of sp³-hybridized carbons (Fsp3) is 0.400. The average molecular weight is 526 g/mol. The van der Waals surface area contributed by atoms with Crippen LogP contribution in [0.1, 0.15) is 37.5 Å². The van der Waals surface area contributed by atoms with E-state index in [0.29, 0.717) is 19.7 Å². The maximum atomic E-state index is 13.4. The van der Waals surface area contributed by atoms with Crippen molar-refractivity contribution in [2.45, 2.75) is 51.5 Å². The second-order valence-electron chi connectivity index (χ2n) is 10.2. The van der Waals surface area contributed by atoms with Gasteiger partial charge in [0.15, 0.2) is 0 Å². The number of nitrogens with zero attached hydrogens (tertiary/aromatic N) is 3. The summed E-state index contributed by atoms with van der Waals surface area (Å²) < 4.78 is 45.5. The molecule has 1 saturated heterocycles. The zero-order valence-electron chi connectivity index (χ0n) is 22.0. The van der Waals surface area contributed by atoms with Crippen molar-refractivity contribution in [3.63, 3.8) is 0 Å². The summed E-state index contributed by atoms with van der Waals surface area (Å²) >= 11 is 0. The molecule has 1 aliphatic rings. The van der Waals surface area contributed by atoms with Crippen molar-refractivity contribution in [3.8, 4) is 11.1 Å². The molecule has 0 radical (unpaired) electrons. The highest BCUT2D eigenvalue weighted by atomic mass is 19.4. The maximum absolute atomic E-state index is 13.4. The van der Waals surface area contributed by atoms with E-state index in [0.717, 1.165) is 41.9 Å². The number of halogens is 3. The molecular weight excluding hydrogens is 491 g/mol. The lowest BCUT2D eigenvalue weighted by molar-refractivity contribution is -0.180. The molecule has 0 amide bonds. The molecule has 2 heterocycles. The van der Waals surface area contributed by atoms with Crippen LogP contribution in [-0.2, 0) is 28.0 Å². The monoisotopic (exact) mass is 525 g/mol. The first-order valence-electron chi connectivity index (χ1n) is 12.9. The molecule has 1 aliphatic heterocycles. The van der Waals surface area contributed by atoms with Crippen molar-refractivity contribution in [2.75, 3.05) is 26.2 Å². The molecule has 0 unspecified atom stereocenters. The summed E-state index contributed by atoms with van der Waals surface area (Å²) in [5.41, 5.74) is 2.31. The van der Waals surface area contributed by atoms with Crippen LogP contribution in [0.3, 0.4) is 0 Å². The minimum Gasteiger partial charge on any atom is -0.465 e. The molecule has 8 heteroatoms.